The third-order valence-electron chi connectivity index (χ3n) is 10.9. The van der Waals surface area contributed by atoms with Crippen LogP contribution in [0.3, 0.4) is 0 Å². The second-order valence-electron chi connectivity index (χ2n) is 14.4. The van der Waals surface area contributed by atoms with Gasteiger partial charge in [-0.2, -0.15) is 0 Å². The maximum Gasteiger partial charge on any atom is 0.227 e. The fourth-order valence-corrected chi connectivity index (χ4v) is 8.13. The van der Waals surface area contributed by atoms with Gasteiger partial charge in [-0.15, -0.1) is 0 Å². The second kappa shape index (κ2) is 12.2. The second-order valence-corrected chi connectivity index (χ2v) is 14.4. The van der Waals surface area contributed by atoms with Gasteiger partial charge in [-0.25, -0.2) is 4.98 Å². The SMILES string of the molecule is CC1(C)c2ccccc2-c2ccc(N(c3ccc(-c4ccc5ccc6oc(-c7ccccc7)nc6c5c4)cc3)c3cccc(-c4ccccc4)c3)cc21. The number of benzene rings is 8. The monoisotopic (exact) mass is 680 g/mol. The molecule has 1 heterocycles. The Hall–Kier alpha value is -6.71. The fraction of sp³-hybridized carbons (Fsp3) is 0.0600. The number of hydrogen-bond donors (Lipinski definition) is 0. The largest absolute Gasteiger partial charge is 0.436 e. The van der Waals surface area contributed by atoms with Crippen LogP contribution in [-0.2, 0) is 5.41 Å². The van der Waals surface area contributed by atoms with Crippen LogP contribution in [0.4, 0.5) is 17.1 Å². The third kappa shape index (κ3) is 5.24. The molecule has 0 unspecified atom stereocenters. The van der Waals surface area contributed by atoms with E-state index in [1.807, 2.05) is 36.4 Å². The molecule has 0 saturated carbocycles. The Morgan fingerprint density at radius 3 is 1.87 bits per heavy atom. The van der Waals surface area contributed by atoms with Crippen molar-refractivity contribution in [3.05, 3.63) is 193 Å². The standard InChI is InChI=1S/C50H36N2O/c1-50(2)45-19-10-9-18-42(45)43-28-27-41(32-46(43)50)52(40-17-11-16-37(30-40)33-12-5-3-6-13-33)39-25-22-34(23-26-39)38-21-20-35-24-29-47-48(44(35)31-38)51-49(53-47)36-14-7-4-8-15-36/h3-32H,1-2H3. The van der Waals surface area contributed by atoms with Crippen LogP contribution in [0.15, 0.2) is 186 Å². The average molecular weight is 681 g/mol. The van der Waals surface area contributed by atoms with Crippen molar-refractivity contribution in [3.63, 3.8) is 0 Å². The maximum atomic E-state index is 6.21. The molecule has 8 aromatic carbocycles. The molecule has 1 aliphatic carbocycles. The highest BCUT2D eigenvalue weighted by atomic mass is 16.3. The molecule has 0 amide bonds. The van der Waals surface area contributed by atoms with E-state index in [1.165, 1.54) is 33.4 Å². The molecule has 53 heavy (non-hydrogen) atoms. The highest BCUT2D eigenvalue weighted by Crippen LogP contribution is 2.50. The lowest BCUT2D eigenvalue weighted by Gasteiger charge is -2.28. The molecule has 0 saturated heterocycles. The summed E-state index contributed by atoms with van der Waals surface area (Å²) in [5.74, 6) is 0.637. The Labute approximate surface area is 309 Å². The summed E-state index contributed by atoms with van der Waals surface area (Å²) >= 11 is 0. The molecule has 0 N–H and O–H groups in total. The average Bonchev–Trinajstić information content (AvgIpc) is 3.76. The van der Waals surface area contributed by atoms with Gasteiger partial charge in [-0.1, -0.05) is 135 Å². The zero-order chi connectivity index (χ0) is 35.5. The van der Waals surface area contributed by atoms with Crippen molar-refractivity contribution >= 4 is 38.9 Å². The Balaban J connectivity index is 1.07. The van der Waals surface area contributed by atoms with Crippen molar-refractivity contribution in [3.8, 4) is 44.8 Å². The van der Waals surface area contributed by atoms with Gasteiger partial charge in [-0.3, -0.25) is 0 Å². The molecule has 0 bridgehead atoms. The zero-order valence-corrected chi connectivity index (χ0v) is 29.6. The molecule has 0 fully saturated rings. The first-order valence-corrected chi connectivity index (χ1v) is 18.2. The van der Waals surface area contributed by atoms with Crippen molar-refractivity contribution in [1.29, 1.82) is 0 Å². The van der Waals surface area contributed by atoms with Crippen LogP contribution < -0.4 is 4.90 Å². The molecule has 0 radical (unpaired) electrons. The van der Waals surface area contributed by atoms with Crippen molar-refractivity contribution in [2.45, 2.75) is 19.3 Å². The number of rotatable bonds is 6. The molecular formula is C50H36N2O. The van der Waals surface area contributed by atoms with E-state index >= 15 is 0 Å². The van der Waals surface area contributed by atoms with Crippen LogP contribution >= 0.6 is 0 Å². The Morgan fingerprint density at radius 1 is 0.453 bits per heavy atom. The number of fused-ring (bicyclic) bond motifs is 6. The summed E-state index contributed by atoms with van der Waals surface area (Å²) in [6.07, 6.45) is 0. The molecular weight excluding hydrogens is 645 g/mol. The van der Waals surface area contributed by atoms with Crippen molar-refractivity contribution < 1.29 is 4.42 Å². The fourth-order valence-electron chi connectivity index (χ4n) is 8.13. The molecule has 3 heteroatoms. The number of hydrogen-bond acceptors (Lipinski definition) is 3. The van der Waals surface area contributed by atoms with Gasteiger partial charge in [0, 0.05) is 33.4 Å². The summed E-state index contributed by atoms with van der Waals surface area (Å²) in [7, 11) is 0. The molecule has 0 atom stereocenters. The van der Waals surface area contributed by atoms with E-state index in [9.17, 15) is 0 Å². The minimum Gasteiger partial charge on any atom is -0.436 e. The van der Waals surface area contributed by atoms with Crippen LogP contribution in [0.1, 0.15) is 25.0 Å². The van der Waals surface area contributed by atoms with Gasteiger partial charge in [0.25, 0.3) is 0 Å². The molecule has 0 aliphatic heterocycles. The van der Waals surface area contributed by atoms with E-state index in [1.54, 1.807) is 0 Å². The van der Waals surface area contributed by atoms with Crippen LogP contribution in [-0.4, -0.2) is 4.98 Å². The van der Waals surface area contributed by atoms with Crippen molar-refractivity contribution in [2.24, 2.45) is 0 Å². The summed E-state index contributed by atoms with van der Waals surface area (Å²) in [6.45, 7) is 4.69. The van der Waals surface area contributed by atoms with Gasteiger partial charge >= 0.3 is 0 Å². The normalized spacial score (nSPS) is 12.9. The smallest absolute Gasteiger partial charge is 0.227 e. The Bertz CT molecular complexity index is 2800. The van der Waals surface area contributed by atoms with Crippen molar-refractivity contribution in [2.75, 3.05) is 4.90 Å². The van der Waals surface area contributed by atoms with Gasteiger partial charge in [-0.05, 0) is 111 Å². The third-order valence-corrected chi connectivity index (χ3v) is 10.9. The maximum absolute atomic E-state index is 6.21. The van der Waals surface area contributed by atoms with Gasteiger partial charge in [0.2, 0.25) is 5.89 Å². The minimum atomic E-state index is -0.101. The van der Waals surface area contributed by atoms with Gasteiger partial charge in [0.15, 0.2) is 5.58 Å². The lowest BCUT2D eigenvalue weighted by molar-refractivity contribution is 0.620. The van der Waals surface area contributed by atoms with Crippen LogP contribution in [0, 0.1) is 0 Å². The minimum absolute atomic E-state index is 0.101. The first-order valence-electron chi connectivity index (χ1n) is 18.2. The number of anilines is 3. The molecule has 9 aromatic rings. The number of nitrogens with zero attached hydrogens (tertiary/aromatic N) is 2. The van der Waals surface area contributed by atoms with Crippen molar-refractivity contribution in [1.82, 2.24) is 4.98 Å². The molecule has 10 rings (SSSR count). The van der Waals surface area contributed by atoms with E-state index in [-0.39, 0.29) is 5.41 Å². The lowest BCUT2D eigenvalue weighted by atomic mass is 9.82. The van der Waals surface area contributed by atoms with E-state index in [0.717, 1.165) is 55.6 Å². The highest BCUT2D eigenvalue weighted by Gasteiger charge is 2.35. The van der Waals surface area contributed by atoms with Gasteiger partial charge in [0.05, 0.1) is 0 Å². The molecule has 1 aliphatic rings. The summed E-state index contributed by atoms with van der Waals surface area (Å²) in [5.41, 5.74) is 15.9. The first kappa shape index (κ1) is 31.1. The van der Waals surface area contributed by atoms with Crippen LogP contribution in [0.25, 0.3) is 66.7 Å². The van der Waals surface area contributed by atoms with E-state index in [4.69, 9.17) is 9.40 Å². The molecule has 252 valence electrons. The van der Waals surface area contributed by atoms with Gasteiger partial charge in [0.1, 0.15) is 5.52 Å². The zero-order valence-electron chi connectivity index (χ0n) is 29.6. The van der Waals surface area contributed by atoms with E-state index in [0.29, 0.717) is 5.89 Å². The van der Waals surface area contributed by atoms with Crippen LogP contribution in [0.2, 0.25) is 0 Å². The molecule has 3 nitrogen and oxygen atoms in total. The quantitative estimate of drug-likeness (QED) is 0.175. The summed E-state index contributed by atoms with van der Waals surface area (Å²) in [4.78, 5) is 7.34. The van der Waals surface area contributed by atoms with Crippen LogP contribution in [0.5, 0.6) is 0 Å². The Morgan fingerprint density at radius 2 is 1.06 bits per heavy atom. The number of aromatic nitrogens is 1. The van der Waals surface area contributed by atoms with Gasteiger partial charge < -0.3 is 9.32 Å². The Kier molecular flexibility index (Phi) is 7.16. The molecule has 1 aromatic heterocycles. The lowest BCUT2D eigenvalue weighted by Crippen LogP contribution is -2.16. The topological polar surface area (TPSA) is 29.3 Å². The predicted molar refractivity (Wildman–Crippen MR) is 220 cm³/mol. The molecule has 0 spiro atoms. The number of oxazole rings is 1. The predicted octanol–water partition coefficient (Wildman–Crippen LogP) is 13.8. The highest BCUT2D eigenvalue weighted by molar-refractivity contribution is 6.05. The summed E-state index contributed by atoms with van der Waals surface area (Å²) < 4.78 is 6.21. The summed E-state index contributed by atoms with van der Waals surface area (Å²) in [6, 6.07) is 65.1. The van der Waals surface area contributed by atoms with E-state index < -0.39 is 0 Å². The first-order chi connectivity index (χ1) is 26.0. The van der Waals surface area contributed by atoms with E-state index in [2.05, 4.69) is 164 Å². The summed E-state index contributed by atoms with van der Waals surface area (Å²) in [5, 5.41) is 2.22.